The van der Waals surface area contributed by atoms with Crippen LogP contribution >= 0.6 is 0 Å². The highest BCUT2D eigenvalue weighted by Crippen LogP contribution is 2.34. The molecule has 0 spiro atoms. The van der Waals surface area contributed by atoms with Gasteiger partial charge in [0.05, 0.1) is 6.04 Å². The number of carbonyl (C=O) groups is 1. The molecule has 2 heterocycles. The summed E-state index contributed by atoms with van der Waals surface area (Å²) in [6, 6.07) is 8.09. The molecule has 1 atom stereocenters. The van der Waals surface area contributed by atoms with Crippen LogP contribution in [0.15, 0.2) is 34.9 Å². The first kappa shape index (κ1) is 14.8. The summed E-state index contributed by atoms with van der Waals surface area (Å²) >= 11 is 0. The second-order valence-electron chi connectivity index (χ2n) is 5.95. The number of hydrogen-bond acceptors (Lipinski definition) is 3. The normalized spacial score (nSPS) is 18.2. The number of likely N-dealkylation sites (tertiary alicyclic amines) is 1. The monoisotopic (exact) mass is 302 g/mol. The standard InChI is InChI=1S/C17H19FN2O2/c1-11(2)16-10-14(19-22-16)17(21)20-9-5-8-15(20)12-6-3-4-7-13(12)18/h3-4,6-7,10-11,15H,5,8-9H2,1-2H3/t15-/m1/s1. The topological polar surface area (TPSA) is 46.3 Å². The van der Waals surface area contributed by atoms with E-state index in [4.69, 9.17) is 4.52 Å². The van der Waals surface area contributed by atoms with Gasteiger partial charge in [-0.25, -0.2) is 4.39 Å². The highest BCUT2D eigenvalue weighted by atomic mass is 19.1. The molecule has 1 aliphatic rings. The van der Waals surface area contributed by atoms with E-state index in [9.17, 15) is 9.18 Å². The highest BCUT2D eigenvalue weighted by molar-refractivity contribution is 5.92. The average Bonchev–Trinajstić information content (AvgIpc) is 3.16. The van der Waals surface area contributed by atoms with Crippen molar-refractivity contribution in [2.75, 3.05) is 6.54 Å². The van der Waals surface area contributed by atoms with Crippen LogP contribution in [0.2, 0.25) is 0 Å². The van der Waals surface area contributed by atoms with E-state index in [0.717, 1.165) is 12.8 Å². The molecule has 0 aliphatic carbocycles. The molecule has 1 fully saturated rings. The zero-order chi connectivity index (χ0) is 15.7. The van der Waals surface area contributed by atoms with Crippen LogP contribution in [0, 0.1) is 5.82 Å². The molecule has 1 amide bonds. The van der Waals surface area contributed by atoms with E-state index < -0.39 is 0 Å². The lowest BCUT2D eigenvalue weighted by Gasteiger charge is -2.24. The SMILES string of the molecule is CC(C)c1cc(C(=O)N2CCC[C@@H]2c2ccccc2F)no1. The van der Waals surface area contributed by atoms with Crippen LogP contribution in [0.25, 0.3) is 0 Å². The van der Waals surface area contributed by atoms with Crippen molar-refractivity contribution in [3.8, 4) is 0 Å². The minimum Gasteiger partial charge on any atom is -0.360 e. The quantitative estimate of drug-likeness (QED) is 0.863. The van der Waals surface area contributed by atoms with Gasteiger partial charge in [0.1, 0.15) is 11.6 Å². The summed E-state index contributed by atoms with van der Waals surface area (Å²) in [5, 5.41) is 3.87. The van der Waals surface area contributed by atoms with Crippen LogP contribution in [0.3, 0.4) is 0 Å². The third kappa shape index (κ3) is 2.63. The molecule has 0 saturated carbocycles. The lowest BCUT2D eigenvalue weighted by molar-refractivity contribution is 0.0723. The summed E-state index contributed by atoms with van der Waals surface area (Å²) in [7, 11) is 0. The predicted molar refractivity (Wildman–Crippen MR) is 80.0 cm³/mol. The molecule has 0 bridgehead atoms. The number of hydrogen-bond donors (Lipinski definition) is 0. The number of benzene rings is 1. The molecule has 3 rings (SSSR count). The summed E-state index contributed by atoms with van der Waals surface area (Å²) in [6.45, 7) is 4.57. The van der Waals surface area contributed by atoms with Crippen LogP contribution in [0.5, 0.6) is 0 Å². The van der Waals surface area contributed by atoms with Crippen molar-refractivity contribution in [3.05, 3.63) is 53.2 Å². The summed E-state index contributed by atoms with van der Waals surface area (Å²) in [5.74, 6) is 0.400. The maximum absolute atomic E-state index is 14.0. The number of carbonyl (C=O) groups excluding carboxylic acids is 1. The van der Waals surface area contributed by atoms with Crippen LogP contribution in [-0.4, -0.2) is 22.5 Å². The van der Waals surface area contributed by atoms with E-state index >= 15 is 0 Å². The van der Waals surface area contributed by atoms with E-state index in [2.05, 4.69) is 5.16 Å². The molecule has 1 aromatic carbocycles. The van der Waals surface area contributed by atoms with Crippen molar-refractivity contribution in [2.45, 2.75) is 38.6 Å². The fraction of sp³-hybridized carbons (Fsp3) is 0.412. The Hall–Kier alpha value is -2.17. The smallest absolute Gasteiger partial charge is 0.276 e. The van der Waals surface area contributed by atoms with Gasteiger partial charge in [-0.2, -0.15) is 0 Å². The van der Waals surface area contributed by atoms with Gasteiger partial charge >= 0.3 is 0 Å². The second kappa shape index (κ2) is 5.91. The van der Waals surface area contributed by atoms with Gasteiger partial charge in [0.15, 0.2) is 5.69 Å². The molecule has 5 heteroatoms. The zero-order valence-electron chi connectivity index (χ0n) is 12.8. The van der Waals surface area contributed by atoms with Gasteiger partial charge < -0.3 is 9.42 Å². The van der Waals surface area contributed by atoms with Crippen molar-refractivity contribution >= 4 is 5.91 Å². The molecule has 0 radical (unpaired) electrons. The fourth-order valence-electron chi connectivity index (χ4n) is 2.89. The lowest BCUT2D eigenvalue weighted by Crippen LogP contribution is -2.31. The molecular weight excluding hydrogens is 283 g/mol. The second-order valence-corrected chi connectivity index (χ2v) is 5.95. The van der Waals surface area contributed by atoms with E-state index in [-0.39, 0.29) is 23.7 Å². The molecule has 0 unspecified atom stereocenters. The molecule has 1 aromatic heterocycles. The largest absolute Gasteiger partial charge is 0.360 e. The maximum Gasteiger partial charge on any atom is 0.276 e. The Morgan fingerprint density at radius 2 is 2.18 bits per heavy atom. The number of halogens is 1. The summed E-state index contributed by atoms with van der Waals surface area (Å²) < 4.78 is 19.2. The number of rotatable bonds is 3. The van der Waals surface area contributed by atoms with E-state index in [1.807, 2.05) is 13.8 Å². The van der Waals surface area contributed by atoms with Crippen LogP contribution in [-0.2, 0) is 0 Å². The summed E-state index contributed by atoms with van der Waals surface area (Å²) in [6.07, 6.45) is 1.63. The first-order valence-electron chi connectivity index (χ1n) is 7.60. The number of nitrogens with zero attached hydrogens (tertiary/aromatic N) is 2. The Bertz CT molecular complexity index is 681. The van der Waals surface area contributed by atoms with E-state index in [0.29, 0.717) is 23.6 Å². The third-order valence-corrected chi connectivity index (χ3v) is 4.09. The molecule has 116 valence electrons. The summed E-state index contributed by atoms with van der Waals surface area (Å²) in [5.41, 5.74) is 0.868. The van der Waals surface area contributed by atoms with Gasteiger partial charge in [-0.1, -0.05) is 37.2 Å². The minimum atomic E-state index is -0.268. The molecule has 22 heavy (non-hydrogen) atoms. The van der Waals surface area contributed by atoms with E-state index in [1.54, 1.807) is 29.2 Å². The molecule has 0 N–H and O–H groups in total. The Morgan fingerprint density at radius 1 is 1.41 bits per heavy atom. The zero-order valence-corrected chi connectivity index (χ0v) is 12.8. The Labute approximate surface area is 128 Å². The van der Waals surface area contributed by atoms with Crippen LogP contribution in [0.1, 0.15) is 60.5 Å². The van der Waals surface area contributed by atoms with Crippen LogP contribution in [0.4, 0.5) is 4.39 Å². The molecule has 1 saturated heterocycles. The molecular formula is C17H19FN2O2. The Morgan fingerprint density at radius 3 is 2.86 bits per heavy atom. The van der Waals surface area contributed by atoms with Crippen molar-refractivity contribution in [1.29, 1.82) is 0 Å². The van der Waals surface area contributed by atoms with Gasteiger partial charge in [0.2, 0.25) is 0 Å². The first-order chi connectivity index (χ1) is 10.6. The van der Waals surface area contributed by atoms with Gasteiger partial charge in [-0.15, -0.1) is 0 Å². The van der Waals surface area contributed by atoms with Crippen molar-refractivity contribution in [1.82, 2.24) is 10.1 Å². The molecule has 1 aliphatic heterocycles. The molecule has 4 nitrogen and oxygen atoms in total. The minimum absolute atomic E-state index is 0.176. The first-order valence-corrected chi connectivity index (χ1v) is 7.60. The van der Waals surface area contributed by atoms with Crippen LogP contribution < -0.4 is 0 Å². The van der Waals surface area contributed by atoms with Crippen molar-refractivity contribution in [2.24, 2.45) is 0 Å². The third-order valence-electron chi connectivity index (χ3n) is 4.09. The van der Waals surface area contributed by atoms with Crippen molar-refractivity contribution < 1.29 is 13.7 Å². The number of amides is 1. The maximum atomic E-state index is 14.0. The fourth-order valence-corrected chi connectivity index (χ4v) is 2.89. The van der Waals surface area contributed by atoms with Gasteiger partial charge in [-0.3, -0.25) is 4.79 Å². The van der Waals surface area contributed by atoms with Crippen molar-refractivity contribution in [3.63, 3.8) is 0 Å². The molecule has 2 aromatic rings. The van der Waals surface area contributed by atoms with E-state index in [1.165, 1.54) is 6.07 Å². The predicted octanol–water partition coefficient (Wildman–Crippen LogP) is 3.91. The average molecular weight is 302 g/mol. The van der Waals surface area contributed by atoms with Gasteiger partial charge in [-0.05, 0) is 18.9 Å². The Balaban J connectivity index is 1.86. The van der Waals surface area contributed by atoms with Gasteiger partial charge in [0, 0.05) is 24.1 Å². The van der Waals surface area contributed by atoms with Gasteiger partial charge in [0.25, 0.3) is 5.91 Å². The number of aromatic nitrogens is 1. The highest BCUT2D eigenvalue weighted by Gasteiger charge is 2.33. The lowest BCUT2D eigenvalue weighted by atomic mass is 10.0. The summed E-state index contributed by atoms with van der Waals surface area (Å²) in [4.78, 5) is 14.4. The Kier molecular flexibility index (Phi) is 3.96.